The third-order valence-electron chi connectivity index (χ3n) is 3.39. The zero-order valence-electron chi connectivity index (χ0n) is 11.9. The van der Waals surface area contributed by atoms with Crippen molar-refractivity contribution >= 4 is 0 Å². The van der Waals surface area contributed by atoms with E-state index < -0.39 is 0 Å². The highest BCUT2D eigenvalue weighted by Crippen LogP contribution is 2.36. The molecule has 1 fully saturated rings. The molecule has 1 heteroatoms. The molecule has 1 aromatic carbocycles. The molecule has 1 nitrogen and oxygen atoms in total. The Kier molecular flexibility index (Phi) is 2.86. The van der Waals surface area contributed by atoms with E-state index in [9.17, 15) is 0 Å². The minimum atomic E-state index is 0.199. The first-order valence-electron chi connectivity index (χ1n) is 6.45. The smallest absolute Gasteiger partial charge is 0.106 e. The number of hydrogen-bond donors (Lipinski definition) is 0. The van der Waals surface area contributed by atoms with Gasteiger partial charge < -0.3 is 4.74 Å². The van der Waals surface area contributed by atoms with E-state index in [1.807, 2.05) is 0 Å². The summed E-state index contributed by atoms with van der Waals surface area (Å²) >= 11 is 0. The summed E-state index contributed by atoms with van der Waals surface area (Å²) < 4.78 is 5.43. The number of epoxide rings is 1. The summed E-state index contributed by atoms with van der Waals surface area (Å²) in [5, 5.41) is 0. The van der Waals surface area contributed by atoms with Crippen LogP contribution in [0.3, 0.4) is 0 Å². The standard InChI is InChI=1S/C16H24O/c1-15(2,3)12-7-11(14-10-17-14)8-13(9-12)16(4,5)6/h7-9,14H,10H2,1-6H3. The maximum absolute atomic E-state index is 5.43. The van der Waals surface area contributed by atoms with E-state index in [1.54, 1.807) is 0 Å². The zero-order chi connectivity index (χ0) is 12.8. The van der Waals surface area contributed by atoms with Crippen molar-refractivity contribution in [2.75, 3.05) is 6.61 Å². The summed E-state index contributed by atoms with van der Waals surface area (Å²) in [6.45, 7) is 14.5. The minimum Gasteiger partial charge on any atom is -0.368 e. The summed E-state index contributed by atoms with van der Waals surface area (Å²) in [6, 6.07) is 6.98. The van der Waals surface area contributed by atoms with E-state index in [4.69, 9.17) is 4.74 Å². The Morgan fingerprint density at radius 3 is 1.59 bits per heavy atom. The van der Waals surface area contributed by atoms with Crippen LogP contribution in [0.1, 0.15) is 64.3 Å². The van der Waals surface area contributed by atoms with Crippen LogP contribution in [-0.4, -0.2) is 6.61 Å². The van der Waals surface area contributed by atoms with Crippen LogP contribution in [0.2, 0.25) is 0 Å². The lowest BCUT2D eigenvalue weighted by Gasteiger charge is -2.26. The van der Waals surface area contributed by atoms with Gasteiger partial charge in [-0.15, -0.1) is 0 Å². The van der Waals surface area contributed by atoms with Crippen LogP contribution in [0, 0.1) is 0 Å². The highest BCUT2D eigenvalue weighted by molar-refractivity contribution is 5.39. The van der Waals surface area contributed by atoms with Gasteiger partial charge in [0.05, 0.1) is 6.61 Å². The Morgan fingerprint density at radius 1 is 0.882 bits per heavy atom. The largest absolute Gasteiger partial charge is 0.368 e. The third kappa shape index (κ3) is 2.90. The molecule has 0 aliphatic carbocycles. The Balaban J connectivity index is 2.50. The first-order valence-corrected chi connectivity index (χ1v) is 6.45. The first-order chi connectivity index (χ1) is 7.68. The van der Waals surface area contributed by atoms with E-state index in [0.717, 1.165) is 6.61 Å². The summed E-state index contributed by atoms with van der Waals surface area (Å²) in [4.78, 5) is 0. The number of hydrogen-bond acceptors (Lipinski definition) is 1. The Hall–Kier alpha value is -0.820. The Labute approximate surface area is 105 Å². The fourth-order valence-electron chi connectivity index (χ4n) is 1.94. The molecule has 1 heterocycles. The predicted octanol–water partition coefficient (Wildman–Crippen LogP) is 4.35. The van der Waals surface area contributed by atoms with Crippen molar-refractivity contribution in [3.05, 3.63) is 34.9 Å². The Morgan fingerprint density at radius 2 is 1.29 bits per heavy atom. The predicted molar refractivity (Wildman–Crippen MR) is 72.5 cm³/mol. The molecular weight excluding hydrogens is 208 g/mol. The van der Waals surface area contributed by atoms with Gasteiger partial charge in [-0.05, 0) is 27.5 Å². The normalized spacial score (nSPS) is 20.5. The Bertz CT molecular complexity index is 382. The number of rotatable bonds is 1. The minimum absolute atomic E-state index is 0.199. The van der Waals surface area contributed by atoms with E-state index in [-0.39, 0.29) is 10.8 Å². The molecule has 1 aromatic rings. The van der Waals surface area contributed by atoms with E-state index in [0.29, 0.717) is 6.10 Å². The molecule has 0 spiro atoms. The SMILES string of the molecule is CC(C)(C)c1cc(C2CO2)cc(C(C)(C)C)c1. The molecule has 1 atom stereocenters. The molecule has 0 aromatic heterocycles. The number of ether oxygens (including phenoxy) is 1. The second-order valence-corrected chi connectivity index (χ2v) is 7.17. The molecule has 0 saturated carbocycles. The second kappa shape index (κ2) is 3.84. The fraction of sp³-hybridized carbons (Fsp3) is 0.625. The molecule has 0 radical (unpaired) electrons. The zero-order valence-corrected chi connectivity index (χ0v) is 11.9. The van der Waals surface area contributed by atoms with Gasteiger partial charge in [-0.3, -0.25) is 0 Å². The van der Waals surface area contributed by atoms with Crippen molar-refractivity contribution < 1.29 is 4.74 Å². The van der Waals surface area contributed by atoms with Crippen LogP contribution in [0.4, 0.5) is 0 Å². The van der Waals surface area contributed by atoms with Crippen LogP contribution in [0.5, 0.6) is 0 Å². The quantitative estimate of drug-likeness (QED) is 0.656. The first kappa shape index (κ1) is 12.6. The van der Waals surface area contributed by atoms with Crippen LogP contribution in [-0.2, 0) is 15.6 Å². The van der Waals surface area contributed by atoms with Gasteiger partial charge in [-0.25, -0.2) is 0 Å². The second-order valence-electron chi connectivity index (χ2n) is 7.17. The summed E-state index contributed by atoms with van der Waals surface area (Å²) in [6.07, 6.45) is 0.346. The van der Waals surface area contributed by atoms with E-state index in [2.05, 4.69) is 59.7 Å². The van der Waals surface area contributed by atoms with Crippen LogP contribution < -0.4 is 0 Å². The van der Waals surface area contributed by atoms with Crippen molar-refractivity contribution in [2.24, 2.45) is 0 Å². The van der Waals surface area contributed by atoms with Gasteiger partial charge in [0.25, 0.3) is 0 Å². The average Bonchev–Trinajstić information content (AvgIpc) is 2.97. The molecule has 0 N–H and O–H groups in total. The molecule has 2 rings (SSSR count). The van der Waals surface area contributed by atoms with Gasteiger partial charge in [-0.1, -0.05) is 59.7 Å². The number of benzene rings is 1. The van der Waals surface area contributed by atoms with Crippen molar-refractivity contribution in [1.29, 1.82) is 0 Å². The summed E-state index contributed by atoms with van der Waals surface area (Å²) in [5.74, 6) is 0. The summed E-state index contributed by atoms with van der Waals surface area (Å²) in [7, 11) is 0. The highest BCUT2D eigenvalue weighted by Gasteiger charge is 2.28. The maximum Gasteiger partial charge on any atom is 0.106 e. The highest BCUT2D eigenvalue weighted by atomic mass is 16.6. The van der Waals surface area contributed by atoms with Gasteiger partial charge in [0.2, 0.25) is 0 Å². The van der Waals surface area contributed by atoms with Gasteiger partial charge in [0.15, 0.2) is 0 Å². The van der Waals surface area contributed by atoms with Gasteiger partial charge in [-0.2, -0.15) is 0 Å². The lowest BCUT2D eigenvalue weighted by Crippen LogP contribution is -2.17. The molecule has 1 unspecified atom stereocenters. The third-order valence-corrected chi connectivity index (χ3v) is 3.39. The molecule has 94 valence electrons. The van der Waals surface area contributed by atoms with Crippen LogP contribution in [0.25, 0.3) is 0 Å². The lowest BCUT2D eigenvalue weighted by molar-refractivity contribution is 0.414. The fourth-order valence-corrected chi connectivity index (χ4v) is 1.94. The van der Waals surface area contributed by atoms with Crippen molar-refractivity contribution in [1.82, 2.24) is 0 Å². The van der Waals surface area contributed by atoms with E-state index in [1.165, 1.54) is 16.7 Å². The van der Waals surface area contributed by atoms with E-state index >= 15 is 0 Å². The molecule has 0 amide bonds. The molecule has 1 aliphatic rings. The molecule has 0 bridgehead atoms. The van der Waals surface area contributed by atoms with Crippen molar-refractivity contribution in [3.8, 4) is 0 Å². The molecule has 1 aliphatic heterocycles. The van der Waals surface area contributed by atoms with Gasteiger partial charge in [0, 0.05) is 0 Å². The average molecular weight is 232 g/mol. The lowest BCUT2D eigenvalue weighted by atomic mass is 9.79. The maximum atomic E-state index is 5.43. The van der Waals surface area contributed by atoms with Crippen molar-refractivity contribution in [2.45, 2.75) is 58.5 Å². The summed E-state index contributed by atoms with van der Waals surface area (Å²) in [5.41, 5.74) is 4.57. The monoisotopic (exact) mass is 232 g/mol. The van der Waals surface area contributed by atoms with Crippen LogP contribution >= 0.6 is 0 Å². The molecular formula is C16H24O. The topological polar surface area (TPSA) is 12.5 Å². The molecule has 17 heavy (non-hydrogen) atoms. The van der Waals surface area contributed by atoms with Crippen LogP contribution in [0.15, 0.2) is 18.2 Å². The molecule has 1 saturated heterocycles. The van der Waals surface area contributed by atoms with Gasteiger partial charge >= 0.3 is 0 Å². The van der Waals surface area contributed by atoms with Crippen molar-refractivity contribution in [3.63, 3.8) is 0 Å². The van der Waals surface area contributed by atoms with Gasteiger partial charge in [0.1, 0.15) is 6.10 Å².